The van der Waals surface area contributed by atoms with Gasteiger partial charge in [-0.2, -0.15) is 0 Å². The van der Waals surface area contributed by atoms with Gasteiger partial charge in [0.1, 0.15) is 11.5 Å². The van der Waals surface area contributed by atoms with E-state index in [-0.39, 0.29) is 18.1 Å². The van der Waals surface area contributed by atoms with E-state index in [0.29, 0.717) is 23.6 Å². The second kappa shape index (κ2) is 6.58. The lowest BCUT2D eigenvalue weighted by atomic mass is 10.1. The first-order valence-corrected chi connectivity index (χ1v) is 6.45. The molecule has 0 bridgehead atoms. The maximum absolute atomic E-state index is 12.3. The third kappa shape index (κ3) is 3.20. The molecule has 0 aromatic heterocycles. The number of nitrogens with one attached hydrogen (secondary N) is 2. The quantitative estimate of drug-likeness (QED) is 0.818. The van der Waals surface area contributed by atoms with Crippen molar-refractivity contribution in [3.8, 4) is 11.5 Å². The van der Waals surface area contributed by atoms with Crippen molar-refractivity contribution in [3.63, 3.8) is 0 Å². The first kappa shape index (κ1) is 14.6. The van der Waals surface area contributed by atoms with Gasteiger partial charge in [-0.05, 0) is 12.1 Å². The standard InChI is InChI=1S/C14H20N2O4/c1-18-10-4-9(5-11(6-10)19-2)14(17)16-12-7-15-8-13(12)20-3/h4-6,12-13,15H,7-8H2,1-3H3,(H,16,17)/t12?,13-/m0/s1. The highest BCUT2D eigenvalue weighted by atomic mass is 16.5. The number of hydrogen-bond acceptors (Lipinski definition) is 5. The summed E-state index contributed by atoms with van der Waals surface area (Å²) in [5.74, 6) is 1.00. The van der Waals surface area contributed by atoms with Crippen LogP contribution in [0.25, 0.3) is 0 Å². The molecule has 1 saturated heterocycles. The van der Waals surface area contributed by atoms with Gasteiger partial charge in [-0.3, -0.25) is 4.79 Å². The van der Waals surface area contributed by atoms with Gasteiger partial charge in [0.15, 0.2) is 0 Å². The van der Waals surface area contributed by atoms with E-state index in [1.807, 2.05) is 0 Å². The molecule has 1 aromatic carbocycles. The van der Waals surface area contributed by atoms with Crippen LogP contribution in [0.1, 0.15) is 10.4 Å². The number of hydrogen-bond donors (Lipinski definition) is 2. The molecule has 0 radical (unpaired) electrons. The highest BCUT2D eigenvalue weighted by Crippen LogP contribution is 2.22. The van der Waals surface area contributed by atoms with E-state index in [9.17, 15) is 4.79 Å². The molecule has 2 N–H and O–H groups in total. The zero-order valence-corrected chi connectivity index (χ0v) is 11.9. The fourth-order valence-electron chi connectivity index (χ4n) is 2.24. The van der Waals surface area contributed by atoms with Gasteiger partial charge >= 0.3 is 0 Å². The number of rotatable bonds is 5. The molecule has 20 heavy (non-hydrogen) atoms. The van der Waals surface area contributed by atoms with E-state index in [2.05, 4.69) is 10.6 Å². The molecule has 0 spiro atoms. The van der Waals surface area contributed by atoms with Crippen molar-refractivity contribution in [1.29, 1.82) is 0 Å². The van der Waals surface area contributed by atoms with Crippen LogP contribution in [0.2, 0.25) is 0 Å². The average Bonchev–Trinajstić information content (AvgIpc) is 2.93. The van der Waals surface area contributed by atoms with Gasteiger partial charge in [-0.15, -0.1) is 0 Å². The smallest absolute Gasteiger partial charge is 0.251 e. The number of carbonyl (C=O) groups excluding carboxylic acids is 1. The molecule has 0 aliphatic carbocycles. The molecule has 1 amide bonds. The van der Waals surface area contributed by atoms with Gasteiger partial charge in [0.25, 0.3) is 5.91 Å². The lowest BCUT2D eigenvalue weighted by Crippen LogP contribution is -2.43. The molecule has 110 valence electrons. The summed E-state index contributed by atoms with van der Waals surface area (Å²) < 4.78 is 15.6. The van der Waals surface area contributed by atoms with E-state index in [1.165, 1.54) is 0 Å². The van der Waals surface area contributed by atoms with Crippen LogP contribution in [0, 0.1) is 0 Å². The topological polar surface area (TPSA) is 68.8 Å². The van der Waals surface area contributed by atoms with Crippen LogP contribution in [0.4, 0.5) is 0 Å². The monoisotopic (exact) mass is 280 g/mol. The Hall–Kier alpha value is -1.79. The van der Waals surface area contributed by atoms with Crippen molar-refractivity contribution in [1.82, 2.24) is 10.6 Å². The summed E-state index contributed by atoms with van der Waals surface area (Å²) in [6.45, 7) is 1.44. The van der Waals surface area contributed by atoms with Crippen LogP contribution in [-0.4, -0.2) is 52.5 Å². The molecule has 1 heterocycles. The van der Waals surface area contributed by atoms with Gasteiger partial charge in [-0.25, -0.2) is 0 Å². The number of carbonyl (C=O) groups is 1. The molecule has 1 aromatic rings. The summed E-state index contributed by atoms with van der Waals surface area (Å²) in [6, 6.07) is 5.06. The Balaban J connectivity index is 2.12. The number of methoxy groups -OCH3 is 3. The minimum absolute atomic E-state index is 0.00791. The zero-order valence-electron chi connectivity index (χ0n) is 11.9. The fraction of sp³-hybridized carbons (Fsp3) is 0.500. The predicted octanol–water partition coefficient (Wildman–Crippen LogP) is 0.420. The summed E-state index contributed by atoms with van der Waals surface area (Å²) in [5.41, 5.74) is 0.503. The minimum Gasteiger partial charge on any atom is -0.497 e. The maximum atomic E-state index is 12.3. The van der Waals surface area contributed by atoms with Gasteiger partial charge in [0.05, 0.1) is 26.4 Å². The van der Waals surface area contributed by atoms with Crippen LogP contribution in [0.15, 0.2) is 18.2 Å². The SMILES string of the molecule is COc1cc(OC)cc(C(=O)NC2CNC[C@@H]2OC)c1. The zero-order chi connectivity index (χ0) is 14.5. The van der Waals surface area contributed by atoms with Gasteiger partial charge in [-0.1, -0.05) is 0 Å². The van der Waals surface area contributed by atoms with Crippen molar-refractivity contribution in [3.05, 3.63) is 23.8 Å². The van der Waals surface area contributed by atoms with Crippen molar-refractivity contribution in [2.45, 2.75) is 12.1 Å². The van der Waals surface area contributed by atoms with Crippen molar-refractivity contribution >= 4 is 5.91 Å². The summed E-state index contributed by atoms with van der Waals surface area (Å²) in [6.07, 6.45) is -0.00791. The van der Waals surface area contributed by atoms with E-state index in [1.54, 1.807) is 39.5 Å². The van der Waals surface area contributed by atoms with Gasteiger partial charge in [0.2, 0.25) is 0 Å². The van der Waals surface area contributed by atoms with E-state index < -0.39 is 0 Å². The number of ether oxygens (including phenoxy) is 3. The molecule has 1 aliphatic heterocycles. The minimum atomic E-state index is -0.169. The molecule has 1 fully saturated rings. The normalized spacial score (nSPS) is 21.6. The second-order valence-electron chi connectivity index (χ2n) is 4.61. The van der Waals surface area contributed by atoms with Crippen molar-refractivity contribution in [2.75, 3.05) is 34.4 Å². The fourth-order valence-corrected chi connectivity index (χ4v) is 2.24. The third-order valence-corrected chi connectivity index (χ3v) is 3.39. The molecule has 1 unspecified atom stereocenters. The lowest BCUT2D eigenvalue weighted by molar-refractivity contribution is 0.0779. The molecular weight excluding hydrogens is 260 g/mol. The lowest BCUT2D eigenvalue weighted by Gasteiger charge is -2.19. The van der Waals surface area contributed by atoms with Crippen LogP contribution < -0.4 is 20.1 Å². The predicted molar refractivity (Wildman–Crippen MR) is 74.5 cm³/mol. The van der Waals surface area contributed by atoms with E-state index in [0.717, 1.165) is 6.54 Å². The Morgan fingerprint density at radius 1 is 1.15 bits per heavy atom. The Kier molecular flexibility index (Phi) is 4.81. The van der Waals surface area contributed by atoms with Gasteiger partial charge < -0.3 is 24.8 Å². The van der Waals surface area contributed by atoms with E-state index in [4.69, 9.17) is 14.2 Å². The first-order valence-electron chi connectivity index (χ1n) is 6.45. The molecule has 2 rings (SSSR count). The number of benzene rings is 1. The Labute approximate surface area is 118 Å². The third-order valence-electron chi connectivity index (χ3n) is 3.39. The highest BCUT2D eigenvalue weighted by molar-refractivity contribution is 5.95. The van der Waals surface area contributed by atoms with Crippen LogP contribution in [0.3, 0.4) is 0 Å². The molecule has 1 aliphatic rings. The van der Waals surface area contributed by atoms with E-state index >= 15 is 0 Å². The molecule has 2 atom stereocenters. The van der Waals surface area contributed by atoms with Crippen molar-refractivity contribution in [2.24, 2.45) is 0 Å². The summed E-state index contributed by atoms with van der Waals surface area (Å²) >= 11 is 0. The Bertz CT molecular complexity index is 456. The molecule has 6 heteroatoms. The average molecular weight is 280 g/mol. The number of amides is 1. The molecule has 6 nitrogen and oxygen atoms in total. The van der Waals surface area contributed by atoms with Gasteiger partial charge in [0, 0.05) is 31.8 Å². The van der Waals surface area contributed by atoms with Crippen LogP contribution >= 0.6 is 0 Å². The Morgan fingerprint density at radius 3 is 2.35 bits per heavy atom. The van der Waals surface area contributed by atoms with Crippen LogP contribution in [-0.2, 0) is 4.74 Å². The molecule has 0 saturated carbocycles. The largest absolute Gasteiger partial charge is 0.497 e. The summed E-state index contributed by atoms with van der Waals surface area (Å²) in [5, 5.41) is 6.15. The maximum Gasteiger partial charge on any atom is 0.251 e. The second-order valence-corrected chi connectivity index (χ2v) is 4.61. The molecular formula is C14H20N2O4. The summed E-state index contributed by atoms with van der Waals surface area (Å²) in [4.78, 5) is 12.3. The van der Waals surface area contributed by atoms with Crippen LogP contribution in [0.5, 0.6) is 11.5 Å². The Morgan fingerprint density at radius 2 is 1.80 bits per heavy atom. The summed E-state index contributed by atoms with van der Waals surface area (Å²) in [7, 11) is 4.75. The first-order chi connectivity index (χ1) is 9.67. The van der Waals surface area contributed by atoms with Crippen molar-refractivity contribution < 1.29 is 19.0 Å². The highest BCUT2D eigenvalue weighted by Gasteiger charge is 2.28.